The lowest BCUT2D eigenvalue weighted by atomic mass is 10.1. The van der Waals surface area contributed by atoms with Gasteiger partial charge in [-0.2, -0.15) is 0 Å². The van der Waals surface area contributed by atoms with Gasteiger partial charge in [0.15, 0.2) is 0 Å². The first kappa shape index (κ1) is 15.0. The first-order chi connectivity index (χ1) is 10.4. The van der Waals surface area contributed by atoms with Gasteiger partial charge in [-0.3, -0.25) is 4.90 Å². The monoisotopic (exact) mass is 320 g/mol. The van der Waals surface area contributed by atoms with Gasteiger partial charge in [-0.1, -0.05) is 37.1 Å². The normalized spacial score (nSPS) is 16.8. The van der Waals surface area contributed by atoms with E-state index in [4.69, 9.17) is 11.6 Å². The molecule has 0 bridgehead atoms. The van der Waals surface area contributed by atoms with Gasteiger partial charge < -0.3 is 0 Å². The van der Waals surface area contributed by atoms with E-state index in [-0.39, 0.29) is 0 Å². The van der Waals surface area contributed by atoms with Crippen molar-refractivity contribution in [2.24, 2.45) is 0 Å². The van der Waals surface area contributed by atoms with E-state index >= 15 is 0 Å². The van der Waals surface area contributed by atoms with Gasteiger partial charge in [0.25, 0.3) is 0 Å². The maximum Gasteiger partial charge on any atom is 0.123 e. The van der Waals surface area contributed by atoms with Crippen LogP contribution in [0.5, 0.6) is 0 Å². The number of rotatable bonds is 4. The van der Waals surface area contributed by atoms with Gasteiger partial charge >= 0.3 is 0 Å². The third kappa shape index (κ3) is 3.85. The lowest BCUT2D eigenvalue weighted by molar-refractivity contribution is 0.277. The number of alkyl halides is 1. The molecule has 0 aliphatic carbocycles. The smallest absolute Gasteiger partial charge is 0.123 e. The molecule has 0 atom stereocenters. The molecule has 0 spiro atoms. The second-order valence-corrected chi connectivity index (χ2v) is 6.75. The van der Waals surface area contributed by atoms with E-state index in [0.29, 0.717) is 5.88 Å². The molecule has 0 radical (unpaired) electrons. The summed E-state index contributed by atoms with van der Waals surface area (Å²) >= 11 is 7.57. The Labute approximate surface area is 135 Å². The van der Waals surface area contributed by atoms with Crippen molar-refractivity contribution in [2.75, 3.05) is 13.1 Å². The molecular formula is C17H21ClN2S. The van der Waals surface area contributed by atoms with Crippen molar-refractivity contribution in [3.8, 4) is 10.6 Å². The van der Waals surface area contributed by atoms with Gasteiger partial charge in [-0.25, -0.2) is 4.98 Å². The van der Waals surface area contributed by atoms with Crippen LogP contribution in [0.2, 0.25) is 0 Å². The molecule has 1 aliphatic rings. The van der Waals surface area contributed by atoms with E-state index in [1.165, 1.54) is 49.9 Å². The Balaban J connectivity index is 1.81. The molecule has 1 saturated heterocycles. The maximum absolute atomic E-state index is 5.88. The highest BCUT2D eigenvalue weighted by molar-refractivity contribution is 7.13. The lowest BCUT2D eigenvalue weighted by Crippen LogP contribution is -2.24. The van der Waals surface area contributed by atoms with Crippen molar-refractivity contribution in [1.82, 2.24) is 9.88 Å². The molecule has 1 fully saturated rings. The quantitative estimate of drug-likeness (QED) is 0.743. The summed E-state index contributed by atoms with van der Waals surface area (Å²) in [6, 6.07) is 8.65. The zero-order chi connectivity index (χ0) is 14.5. The fraction of sp³-hybridized carbons (Fsp3) is 0.471. The van der Waals surface area contributed by atoms with Crippen LogP contribution in [-0.4, -0.2) is 23.0 Å². The average Bonchev–Trinajstić information content (AvgIpc) is 2.85. The number of aromatic nitrogens is 1. The fourth-order valence-corrected chi connectivity index (χ4v) is 4.00. The molecular weight excluding hydrogens is 300 g/mol. The van der Waals surface area contributed by atoms with Crippen LogP contribution in [0.4, 0.5) is 0 Å². The van der Waals surface area contributed by atoms with E-state index < -0.39 is 0 Å². The summed E-state index contributed by atoms with van der Waals surface area (Å²) in [4.78, 5) is 7.22. The highest BCUT2D eigenvalue weighted by atomic mass is 35.5. The number of benzene rings is 1. The molecule has 1 aromatic carbocycles. The van der Waals surface area contributed by atoms with Crippen LogP contribution in [0.15, 0.2) is 29.6 Å². The molecule has 112 valence electrons. The summed E-state index contributed by atoms with van der Waals surface area (Å²) in [5, 5.41) is 3.15. The van der Waals surface area contributed by atoms with E-state index in [2.05, 4.69) is 39.5 Å². The molecule has 1 aliphatic heterocycles. The van der Waals surface area contributed by atoms with Crippen LogP contribution in [-0.2, 0) is 12.4 Å². The summed E-state index contributed by atoms with van der Waals surface area (Å²) < 4.78 is 0. The lowest BCUT2D eigenvalue weighted by Gasteiger charge is -2.21. The zero-order valence-corrected chi connectivity index (χ0v) is 13.8. The van der Waals surface area contributed by atoms with Gasteiger partial charge in [0.05, 0.1) is 11.6 Å². The molecule has 1 aromatic heterocycles. The Morgan fingerprint density at radius 2 is 1.86 bits per heavy atom. The first-order valence-electron chi connectivity index (χ1n) is 7.68. The SMILES string of the molecule is ClCc1csc(-c2ccccc2CN2CCCCCC2)n1. The van der Waals surface area contributed by atoms with Crippen molar-refractivity contribution >= 4 is 22.9 Å². The molecule has 21 heavy (non-hydrogen) atoms. The van der Waals surface area contributed by atoms with Crippen molar-refractivity contribution < 1.29 is 0 Å². The molecule has 3 rings (SSSR count). The largest absolute Gasteiger partial charge is 0.299 e. The molecule has 2 nitrogen and oxygen atoms in total. The van der Waals surface area contributed by atoms with Crippen LogP contribution in [0.1, 0.15) is 36.9 Å². The molecule has 0 saturated carbocycles. The predicted molar refractivity (Wildman–Crippen MR) is 90.9 cm³/mol. The highest BCUT2D eigenvalue weighted by Crippen LogP contribution is 2.28. The average molecular weight is 321 g/mol. The summed E-state index contributed by atoms with van der Waals surface area (Å²) in [5.41, 5.74) is 3.62. The number of likely N-dealkylation sites (tertiary alicyclic amines) is 1. The first-order valence-corrected chi connectivity index (χ1v) is 9.09. The third-order valence-electron chi connectivity index (χ3n) is 4.03. The van der Waals surface area contributed by atoms with Crippen molar-refractivity contribution in [1.29, 1.82) is 0 Å². The van der Waals surface area contributed by atoms with E-state index in [1.54, 1.807) is 11.3 Å². The molecule has 0 N–H and O–H groups in total. The summed E-state index contributed by atoms with van der Waals surface area (Å²) in [7, 11) is 0. The highest BCUT2D eigenvalue weighted by Gasteiger charge is 2.14. The fourth-order valence-electron chi connectivity index (χ4n) is 2.89. The molecule has 2 heterocycles. The maximum atomic E-state index is 5.88. The van der Waals surface area contributed by atoms with Gasteiger partial charge in [-0.05, 0) is 31.5 Å². The van der Waals surface area contributed by atoms with Gasteiger partial charge in [0.2, 0.25) is 0 Å². The minimum absolute atomic E-state index is 0.491. The van der Waals surface area contributed by atoms with E-state index in [1.807, 2.05) is 0 Å². The van der Waals surface area contributed by atoms with Crippen LogP contribution >= 0.6 is 22.9 Å². The minimum atomic E-state index is 0.491. The van der Waals surface area contributed by atoms with Crippen LogP contribution < -0.4 is 0 Å². The second-order valence-electron chi connectivity index (χ2n) is 5.63. The van der Waals surface area contributed by atoms with Crippen molar-refractivity contribution in [3.63, 3.8) is 0 Å². The van der Waals surface area contributed by atoms with Gasteiger partial charge in [-0.15, -0.1) is 22.9 Å². The van der Waals surface area contributed by atoms with E-state index in [9.17, 15) is 0 Å². The summed E-state index contributed by atoms with van der Waals surface area (Å²) in [5.74, 6) is 0.491. The third-order valence-corrected chi connectivity index (χ3v) is 5.23. The van der Waals surface area contributed by atoms with Crippen LogP contribution in [0.3, 0.4) is 0 Å². The van der Waals surface area contributed by atoms with Crippen molar-refractivity contribution in [2.45, 2.75) is 38.1 Å². The zero-order valence-electron chi connectivity index (χ0n) is 12.2. The van der Waals surface area contributed by atoms with Gasteiger partial charge in [0, 0.05) is 17.5 Å². The Morgan fingerprint density at radius 1 is 1.10 bits per heavy atom. The summed E-state index contributed by atoms with van der Waals surface area (Å²) in [6.45, 7) is 3.48. The number of hydrogen-bond acceptors (Lipinski definition) is 3. The Morgan fingerprint density at radius 3 is 2.57 bits per heavy atom. The number of hydrogen-bond donors (Lipinski definition) is 0. The van der Waals surface area contributed by atoms with Crippen molar-refractivity contribution in [3.05, 3.63) is 40.9 Å². The minimum Gasteiger partial charge on any atom is -0.299 e. The van der Waals surface area contributed by atoms with Crippen LogP contribution in [0.25, 0.3) is 10.6 Å². The molecule has 0 amide bonds. The predicted octanol–water partition coefficient (Wildman–Crippen LogP) is 4.92. The summed E-state index contributed by atoms with van der Waals surface area (Å²) in [6.07, 6.45) is 5.42. The van der Waals surface area contributed by atoms with Gasteiger partial charge in [0.1, 0.15) is 5.01 Å². The topological polar surface area (TPSA) is 16.1 Å². The molecule has 4 heteroatoms. The molecule has 2 aromatic rings. The number of halogens is 1. The Bertz CT molecular complexity index is 574. The Kier molecular flexibility index (Phi) is 5.28. The van der Waals surface area contributed by atoms with E-state index in [0.717, 1.165) is 17.2 Å². The number of nitrogens with zero attached hydrogens (tertiary/aromatic N) is 2. The standard InChI is InChI=1S/C17H21ClN2S/c18-11-15-13-21-17(19-15)16-8-4-3-7-14(16)12-20-9-5-1-2-6-10-20/h3-4,7-8,13H,1-2,5-6,9-12H2. The van der Waals surface area contributed by atoms with Crippen LogP contribution in [0, 0.1) is 0 Å². The Hall–Kier alpha value is -0.900. The number of thiazole rings is 1. The molecule has 0 unspecified atom stereocenters. The second kappa shape index (κ2) is 7.39.